The van der Waals surface area contributed by atoms with Crippen LogP contribution in [0.3, 0.4) is 0 Å². The zero-order valence-electron chi connectivity index (χ0n) is 46.1. The fraction of sp³-hybridized carbons (Fsp3) is 0.926. The van der Waals surface area contributed by atoms with Gasteiger partial charge in [0.25, 0.3) is 0 Å². The number of rotatable bonds is 55. The molecule has 0 aromatic rings. The summed E-state index contributed by atoms with van der Waals surface area (Å²) in [6, 6.07) is 0. The quantitative estimate of drug-likeness (QED) is 0.0222. The molecule has 17 nitrogen and oxygen atoms in total. The van der Waals surface area contributed by atoms with Crippen molar-refractivity contribution in [2.45, 2.75) is 284 Å². The molecule has 3 N–H and O–H groups in total. The maximum Gasteiger partial charge on any atom is 0.472 e. The predicted molar refractivity (Wildman–Crippen MR) is 285 cm³/mol. The van der Waals surface area contributed by atoms with Crippen molar-refractivity contribution in [3.8, 4) is 0 Å². The lowest BCUT2D eigenvalue weighted by Gasteiger charge is -2.21. The van der Waals surface area contributed by atoms with E-state index in [9.17, 15) is 43.2 Å². The zero-order chi connectivity index (χ0) is 54.1. The van der Waals surface area contributed by atoms with Crippen molar-refractivity contribution in [2.24, 2.45) is 0 Å². The first-order chi connectivity index (χ1) is 35.2. The molecule has 0 saturated carbocycles. The lowest BCUT2D eigenvalue weighted by Crippen LogP contribution is -2.30. The normalized spacial score (nSPS) is 14.5. The molecule has 0 aliphatic heterocycles. The van der Waals surface area contributed by atoms with Gasteiger partial charge in [-0.3, -0.25) is 37.3 Å². The van der Waals surface area contributed by atoms with Gasteiger partial charge in [0.05, 0.1) is 26.4 Å². The van der Waals surface area contributed by atoms with Gasteiger partial charge in [0.2, 0.25) is 0 Å². The summed E-state index contributed by atoms with van der Waals surface area (Å²) in [5.41, 5.74) is 0. The minimum Gasteiger partial charge on any atom is -0.462 e. The number of ether oxygens (including phenoxy) is 4. The number of aliphatic hydroxyl groups excluding tert-OH is 1. The highest BCUT2D eigenvalue weighted by Gasteiger charge is 2.30. The number of carbonyl (C=O) groups excluding carboxylic acids is 4. The molecule has 0 radical (unpaired) electrons. The van der Waals surface area contributed by atoms with E-state index in [1.54, 1.807) is 0 Å². The summed E-state index contributed by atoms with van der Waals surface area (Å²) in [4.78, 5) is 71.1. The van der Waals surface area contributed by atoms with Crippen molar-refractivity contribution < 1.29 is 80.2 Å². The van der Waals surface area contributed by atoms with Crippen LogP contribution < -0.4 is 0 Å². The van der Waals surface area contributed by atoms with Crippen molar-refractivity contribution in [3.05, 3.63) is 0 Å². The second-order valence-electron chi connectivity index (χ2n) is 19.6. The molecule has 0 aliphatic carbocycles. The number of carbonyl (C=O) groups is 4. The Morgan fingerprint density at radius 2 is 0.548 bits per heavy atom. The van der Waals surface area contributed by atoms with Crippen molar-refractivity contribution in [1.82, 2.24) is 0 Å². The minimum atomic E-state index is -4.93. The average molecular weight is 1090 g/mol. The molecular weight excluding hydrogens is 983 g/mol. The van der Waals surface area contributed by atoms with Gasteiger partial charge < -0.3 is 33.8 Å². The lowest BCUT2D eigenvalue weighted by atomic mass is 10.0. The number of hydrogen-bond acceptors (Lipinski definition) is 15. The Bertz CT molecular complexity index is 1440. The summed E-state index contributed by atoms with van der Waals surface area (Å²) < 4.78 is 67.1. The monoisotopic (exact) mass is 1090 g/mol. The molecule has 0 spiro atoms. The molecule has 0 aromatic heterocycles. The van der Waals surface area contributed by atoms with Crippen molar-refractivity contribution in [2.75, 3.05) is 39.6 Å². The number of phosphoric acid groups is 2. The van der Waals surface area contributed by atoms with E-state index in [1.165, 1.54) is 77.0 Å². The molecule has 0 aromatic carbocycles. The van der Waals surface area contributed by atoms with Crippen LogP contribution in [0.15, 0.2) is 0 Å². The third-order valence-electron chi connectivity index (χ3n) is 12.4. The molecular formula is C54H104O17P2. The van der Waals surface area contributed by atoms with E-state index in [0.717, 1.165) is 109 Å². The maximum atomic E-state index is 12.9. The van der Waals surface area contributed by atoms with Gasteiger partial charge in [0.15, 0.2) is 12.2 Å². The third kappa shape index (κ3) is 49.4. The van der Waals surface area contributed by atoms with E-state index in [0.29, 0.717) is 25.7 Å². The molecule has 0 saturated heterocycles. The summed E-state index contributed by atoms with van der Waals surface area (Å²) in [6.45, 7) is 4.60. The first-order valence-corrected chi connectivity index (χ1v) is 31.8. The molecule has 0 rings (SSSR count). The van der Waals surface area contributed by atoms with Crippen LogP contribution in [-0.4, -0.2) is 96.7 Å². The van der Waals surface area contributed by atoms with Crippen LogP contribution in [0.25, 0.3) is 0 Å². The molecule has 0 heterocycles. The largest absolute Gasteiger partial charge is 0.472 e. The van der Waals surface area contributed by atoms with E-state index in [1.807, 2.05) is 0 Å². The van der Waals surface area contributed by atoms with Crippen molar-refractivity contribution >= 4 is 39.5 Å². The van der Waals surface area contributed by atoms with Gasteiger partial charge in [-0.2, -0.15) is 0 Å². The molecule has 0 bridgehead atoms. The number of aliphatic hydroxyl groups is 1. The summed E-state index contributed by atoms with van der Waals surface area (Å²) in [7, 11) is -9.84. The molecule has 73 heavy (non-hydrogen) atoms. The molecule has 0 aliphatic rings. The van der Waals surface area contributed by atoms with E-state index < -0.39 is 97.5 Å². The Morgan fingerprint density at radius 3 is 0.808 bits per heavy atom. The SMILES string of the molecule is CCCCCCCCCCCCCCCCCCC(=O)O[C@H](COC(=O)CCCCCCCCC)COP(=O)(O)OC[C@@H](O)COP(=O)(O)OC[C@@H](COC(=O)CCCCCCC)OC(=O)CCCCCCC. The molecule has 5 atom stereocenters. The number of phosphoric ester groups is 2. The van der Waals surface area contributed by atoms with Gasteiger partial charge in [-0.1, -0.05) is 214 Å². The van der Waals surface area contributed by atoms with Crippen LogP contribution in [0.2, 0.25) is 0 Å². The summed E-state index contributed by atoms with van der Waals surface area (Å²) >= 11 is 0. The van der Waals surface area contributed by atoms with Gasteiger partial charge in [0, 0.05) is 25.7 Å². The number of hydrogen-bond donors (Lipinski definition) is 3. The highest BCUT2D eigenvalue weighted by Crippen LogP contribution is 2.45. The summed E-state index contributed by atoms with van der Waals surface area (Å²) in [6.07, 6.45) is 31.6. The topological polar surface area (TPSA) is 237 Å². The highest BCUT2D eigenvalue weighted by atomic mass is 31.2. The Morgan fingerprint density at radius 1 is 0.329 bits per heavy atom. The van der Waals surface area contributed by atoms with Crippen molar-refractivity contribution in [3.63, 3.8) is 0 Å². The van der Waals surface area contributed by atoms with Crippen LogP contribution in [-0.2, 0) is 65.4 Å². The van der Waals surface area contributed by atoms with E-state index in [-0.39, 0.29) is 25.7 Å². The van der Waals surface area contributed by atoms with Gasteiger partial charge in [-0.15, -0.1) is 0 Å². The fourth-order valence-corrected chi connectivity index (χ4v) is 9.44. The standard InChI is InChI=1S/C54H104O17P2/c1-5-9-13-17-19-20-21-22-23-24-25-26-27-29-33-37-41-54(59)71-50(45-65-52(57)39-35-32-28-18-14-10-6-2)47-69-73(62,63)67-43-48(55)42-66-72(60,61)68-46-49(70-53(58)40-36-31-16-12-8-4)44-64-51(56)38-34-30-15-11-7-3/h48-50,55H,5-47H2,1-4H3,(H,60,61)(H,62,63)/t48-,49+,50+/m0/s1. The van der Waals surface area contributed by atoms with Gasteiger partial charge in [-0.25, -0.2) is 9.13 Å². The molecule has 0 amide bonds. The fourth-order valence-electron chi connectivity index (χ4n) is 7.87. The predicted octanol–water partition coefficient (Wildman–Crippen LogP) is 14.0. The Kier molecular flexibility index (Phi) is 48.3. The van der Waals surface area contributed by atoms with Crippen LogP contribution in [0.4, 0.5) is 0 Å². The van der Waals surface area contributed by atoms with E-state index in [4.69, 9.17) is 37.0 Å². The van der Waals surface area contributed by atoms with Gasteiger partial charge in [0.1, 0.15) is 19.3 Å². The molecule has 19 heteroatoms. The van der Waals surface area contributed by atoms with Crippen LogP contribution in [0.1, 0.15) is 265 Å². The highest BCUT2D eigenvalue weighted by molar-refractivity contribution is 7.47. The summed E-state index contributed by atoms with van der Waals surface area (Å²) in [5, 5.41) is 10.4. The molecule has 2 unspecified atom stereocenters. The number of unbranched alkanes of at least 4 members (excludes halogenated alkanes) is 29. The lowest BCUT2D eigenvalue weighted by molar-refractivity contribution is -0.161. The van der Waals surface area contributed by atoms with Crippen LogP contribution >= 0.6 is 15.6 Å². The van der Waals surface area contributed by atoms with Crippen molar-refractivity contribution in [1.29, 1.82) is 0 Å². The van der Waals surface area contributed by atoms with E-state index >= 15 is 0 Å². The smallest absolute Gasteiger partial charge is 0.462 e. The Balaban J connectivity index is 5.06. The molecule has 432 valence electrons. The number of esters is 4. The van der Waals surface area contributed by atoms with Crippen LogP contribution in [0, 0.1) is 0 Å². The first-order valence-electron chi connectivity index (χ1n) is 28.8. The minimum absolute atomic E-state index is 0.0989. The Labute approximate surface area is 441 Å². The van der Waals surface area contributed by atoms with Gasteiger partial charge >= 0.3 is 39.5 Å². The average Bonchev–Trinajstić information content (AvgIpc) is 3.36. The Hall–Kier alpha value is -1.94. The zero-order valence-corrected chi connectivity index (χ0v) is 47.9. The van der Waals surface area contributed by atoms with Gasteiger partial charge in [-0.05, 0) is 25.7 Å². The van der Waals surface area contributed by atoms with E-state index in [2.05, 4.69) is 27.7 Å². The second kappa shape index (κ2) is 49.6. The molecule has 0 fully saturated rings. The maximum absolute atomic E-state index is 12.9. The first kappa shape index (κ1) is 71.1. The second-order valence-corrected chi connectivity index (χ2v) is 22.5. The third-order valence-corrected chi connectivity index (χ3v) is 14.3. The van der Waals surface area contributed by atoms with Crippen LogP contribution in [0.5, 0.6) is 0 Å². The summed E-state index contributed by atoms with van der Waals surface area (Å²) in [5.74, 6) is -2.17.